The van der Waals surface area contributed by atoms with Crippen LogP contribution in [0.4, 0.5) is 0 Å². The molecule has 1 saturated heterocycles. The van der Waals surface area contributed by atoms with Crippen LogP contribution < -0.4 is 11.4 Å². The summed E-state index contributed by atoms with van der Waals surface area (Å²) in [6.07, 6.45) is 2.05. The van der Waals surface area contributed by atoms with Gasteiger partial charge in [-0.25, -0.2) is 4.79 Å². The molecule has 1 aliphatic heterocycles. The van der Waals surface area contributed by atoms with E-state index in [1.807, 2.05) is 28.8 Å². The fraction of sp³-hybridized carbons (Fsp3) is 0.364. The van der Waals surface area contributed by atoms with Crippen molar-refractivity contribution in [2.75, 3.05) is 20.1 Å². The highest BCUT2D eigenvalue weighted by molar-refractivity contribution is 6.35. The van der Waals surface area contributed by atoms with Gasteiger partial charge in [0.25, 0.3) is 0 Å². The molecule has 1 aromatic heterocycles. The van der Waals surface area contributed by atoms with E-state index in [9.17, 15) is 9.59 Å². The number of para-hydroxylation sites is 1. The Hall–Kier alpha value is -2.61. The summed E-state index contributed by atoms with van der Waals surface area (Å²) in [5, 5.41) is 9.53. The SMILES string of the molecule is CN1CCC(n2c(=O)n(-c3ccc(CC(N)C(=O)O)cc3)c3c(Cl)cccc32)CC1. The van der Waals surface area contributed by atoms with Crippen LogP contribution in [0.25, 0.3) is 16.7 Å². The number of fused-ring (bicyclic) bond motifs is 1. The van der Waals surface area contributed by atoms with Crippen LogP contribution >= 0.6 is 11.6 Å². The largest absolute Gasteiger partial charge is 0.480 e. The maximum atomic E-state index is 13.5. The van der Waals surface area contributed by atoms with Crippen molar-refractivity contribution in [3.05, 3.63) is 63.5 Å². The van der Waals surface area contributed by atoms with E-state index in [0.717, 1.165) is 37.0 Å². The predicted octanol–water partition coefficient (Wildman–Crippen LogP) is 2.67. The molecule has 2 aromatic carbocycles. The van der Waals surface area contributed by atoms with E-state index in [-0.39, 0.29) is 18.2 Å². The minimum Gasteiger partial charge on any atom is -0.480 e. The Morgan fingerprint density at radius 3 is 2.50 bits per heavy atom. The van der Waals surface area contributed by atoms with Crippen molar-refractivity contribution in [2.45, 2.75) is 31.3 Å². The molecule has 1 atom stereocenters. The first-order valence-electron chi connectivity index (χ1n) is 10.0. The molecule has 7 nitrogen and oxygen atoms in total. The number of aromatic nitrogens is 2. The third-order valence-electron chi connectivity index (χ3n) is 5.87. The van der Waals surface area contributed by atoms with Gasteiger partial charge in [-0.05, 0) is 69.2 Å². The molecule has 30 heavy (non-hydrogen) atoms. The smallest absolute Gasteiger partial charge is 0.334 e. The van der Waals surface area contributed by atoms with Gasteiger partial charge in [0, 0.05) is 6.04 Å². The van der Waals surface area contributed by atoms with Gasteiger partial charge in [-0.3, -0.25) is 13.9 Å². The maximum absolute atomic E-state index is 13.5. The fourth-order valence-electron chi connectivity index (χ4n) is 4.19. The molecular formula is C22H25ClN4O3. The van der Waals surface area contributed by atoms with Crippen molar-refractivity contribution in [3.63, 3.8) is 0 Å². The number of carboxylic acids is 1. The van der Waals surface area contributed by atoms with E-state index < -0.39 is 12.0 Å². The lowest BCUT2D eigenvalue weighted by Gasteiger charge is -2.29. The number of benzene rings is 2. The third kappa shape index (κ3) is 3.76. The quantitative estimate of drug-likeness (QED) is 0.651. The van der Waals surface area contributed by atoms with Crippen molar-refractivity contribution >= 4 is 28.6 Å². The standard InChI is InChI=1S/C22H25ClN4O3/c1-25-11-9-16(10-12-25)26-19-4-2-3-17(23)20(19)27(22(26)30)15-7-5-14(6-8-15)13-18(24)21(28)29/h2-8,16,18H,9-13,24H2,1H3,(H,28,29). The number of carbonyl (C=O) groups is 1. The van der Waals surface area contributed by atoms with E-state index in [0.29, 0.717) is 16.2 Å². The number of nitrogens with zero attached hydrogens (tertiary/aromatic N) is 3. The first-order valence-corrected chi connectivity index (χ1v) is 10.4. The van der Waals surface area contributed by atoms with Crippen molar-refractivity contribution in [1.29, 1.82) is 0 Å². The summed E-state index contributed by atoms with van der Waals surface area (Å²) < 4.78 is 3.53. The Morgan fingerprint density at radius 2 is 1.87 bits per heavy atom. The normalized spacial score (nSPS) is 16.8. The molecule has 158 valence electrons. The number of rotatable bonds is 5. The molecule has 0 aliphatic carbocycles. The minimum atomic E-state index is -1.04. The summed E-state index contributed by atoms with van der Waals surface area (Å²) in [6, 6.07) is 12.0. The van der Waals surface area contributed by atoms with E-state index in [1.165, 1.54) is 0 Å². The molecule has 8 heteroatoms. The average molecular weight is 429 g/mol. The highest BCUT2D eigenvalue weighted by atomic mass is 35.5. The first-order chi connectivity index (χ1) is 14.4. The lowest BCUT2D eigenvalue weighted by molar-refractivity contribution is -0.138. The third-order valence-corrected chi connectivity index (χ3v) is 6.17. The maximum Gasteiger partial charge on any atom is 0.334 e. The molecule has 0 radical (unpaired) electrons. The second-order valence-corrected chi connectivity index (χ2v) is 8.35. The summed E-state index contributed by atoms with van der Waals surface area (Å²) in [7, 11) is 2.09. The average Bonchev–Trinajstić information content (AvgIpc) is 3.02. The summed E-state index contributed by atoms with van der Waals surface area (Å²) in [6.45, 7) is 1.89. The number of nitrogens with two attached hydrogens (primary N) is 1. The predicted molar refractivity (Wildman–Crippen MR) is 118 cm³/mol. The molecule has 3 N–H and O–H groups in total. The second kappa shape index (κ2) is 8.26. The zero-order chi connectivity index (χ0) is 21.4. The molecule has 4 rings (SSSR count). The number of hydrogen-bond donors (Lipinski definition) is 2. The van der Waals surface area contributed by atoms with Gasteiger partial charge in [0.15, 0.2) is 0 Å². The Kier molecular flexibility index (Phi) is 5.69. The van der Waals surface area contributed by atoms with Crippen molar-refractivity contribution in [3.8, 4) is 5.69 Å². The van der Waals surface area contributed by atoms with Crippen molar-refractivity contribution in [1.82, 2.24) is 14.0 Å². The van der Waals surface area contributed by atoms with Gasteiger partial charge in [0.05, 0.1) is 21.7 Å². The van der Waals surface area contributed by atoms with Crippen molar-refractivity contribution in [2.24, 2.45) is 5.73 Å². The lowest BCUT2D eigenvalue weighted by atomic mass is 10.1. The van der Waals surface area contributed by atoms with Gasteiger partial charge < -0.3 is 15.7 Å². The van der Waals surface area contributed by atoms with Crippen LogP contribution in [0.2, 0.25) is 5.02 Å². The van der Waals surface area contributed by atoms with Crippen LogP contribution in [0.3, 0.4) is 0 Å². The Balaban J connectivity index is 1.79. The molecule has 1 aliphatic rings. The Bertz CT molecular complexity index is 1130. The topological polar surface area (TPSA) is 93.5 Å². The number of carboxylic acid groups (broad SMARTS) is 1. The Morgan fingerprint density at radius 1 is 1.20 bits per heavy atom. The van der Waals surface area contributed by atoms with E-state index >= 15 is 0 Å². The van der Waals surface area contributed by atoms with E-state index in [4.69, 9.17) is 22.4 Å². The van der Waals surface area contributed by atoms with Crippen LogP contribution in [-0.4, -0.2) is 51.3 Å². The van der Waals surface area contributed by atoms with Gasteiger partial charge >= 0.3 is 11.7 Å². The lowest BCUT2D eigenvalue weighted by Crippen LogP contribution is -2.35. The molecule has 0 saturated carbocycles. The number of aliphatic carboxylic acids is 1. The van der Waals surface area contributed by atoms with Gasteiger partial charge in [-0.15, -0.1) is 0 Å². The zero-order valence-corrected chi connectivity index (χ0v) is 17.5. The zero-order valence-electron chi connectivity index (χ0n) is 16.8. The summed E-state index contributed by atoms with van der Waals surface area (Å²) in [5.74, 6) is -1.04. The van der Waals surface area contributed by atoms with Crippen LogP contribution in [0.5, 0.6) is 0 Å². The molecule has 1 unspecified atom stereocenters. The number of halogens is 1. The molecule has 0 amide bonds. The van der Waals surface area contributed by atoms with Gasteiger partial charge in [-0.2, -0.15) is 0 Å². The number of likely N-dealkylation sites (tertiary alicyclic amines) is 1. The van der Waals surface area contributed by atoms with Gasteiger partial charge in [0.2, 0.25) is 0 Å². The molecule has 0 bridgehead atoms. The van der Waals surface area contributed by atoms with E-state index in [1.54, 1.807) is 22.8 Å². The highest BCUT2D eigenvalue weighted by Gasteiger charge is 2.25. The Labute approximate surface area is 179 Å². The van der Waals surface area contributed by atoms with Gasteiger partial charge in [-0.1, -0.05) is 29.8 Å². The van der Waals surface area contributed by atoms with E-state index in [2.05, 4.69) is 11.9 Å². The first kappa shape index (κ1) is 20.7. The summed E-state index contributed by atoms with van der Waals surface area (Å²) in [5.41, 5.74) is 8.54. The fourth-order valence-corrected chi connectivity index (χ4v) is 4.45. The van der Waals surface area contributed by atoms with Crippen LogP contribution in [0.15, 0.2) is 47.3 Å². The van der Waals surface area contributed by atoms with Crippen LogP contribution in [0, 0.1) is 0 Å². The second-order valence-electron chi connectivity index (χ2n) is 7.95. The minimum absolute atomic E-state index is 0.109. The summed E-state index contributed by atoms with van der Waals surface area (Å²) >= 11 is 6.53. The number of imidazole rings is 1. The highest BCUT2D eigenvalue weighted by Crippen LogP contribution is 2.30. The summed E-state index contributed by atoms with van der Waals surface area (Å²) in [4.78, 5) is 26.8. The molecule has 3 aromatic rings. The monoisotopic (exact) mass is 428 g/mol. The van der Waals surface area contributed by atoms with Crippen molar-refractivity contribution < 1.29 is 9.90 Å². The van der Waals surface area contributed by atoms with Crippen LogP contribution in [0.1, 0.15) is 24.4 Å². The number of hydrogen-bond acceptors (Lipinski definition) is 4. The van der Waals surface area contributed by atoms with Crippen LogP contribution in [-0.2, 0) is 11.2 Å². The van der Waals surface area contributed by atoms with Gasteiger partial charge in [0.1, 0.15) is 6.04 Å². The molecule has 2 heterocycles. The number of piperidine rings is 1. The molecule has 1 fully saturated rings. The molecular weight excluding hydrogens is 404 g/mol. The molecule has 0 spiro atoms.